The van der Waals surface area contributed by atoms with Crippen LogP contribution in [0.4, 0.5) is 0 Å². The van der Waals surface area contributed by atoms with E-state index in [9.17, 15) is 5.11 Å². The average Bonchev–Trinajstić information content (AvgIpc) is 2.14. The molecule has 0 aliphatic heterocycles. The smallest absolute Gasteiger partial charge is 0.0608 e. The summed E-state index contributed by atoms with van der Waals surface area (Å²) in [5.74, 6) is 0.458. The number of hydrogen-bond acceptors (Lipinski definition) is 1. The van der Waals surface area contributed by atoms with Crippen LogP contribution in [0, 0.1) is 5.92 Å². The van der Waals surface area contributed by atoms with Crippen molar-refractivity contribution >= 4 is 0 Å². The van der Waals surface area contributed by atoms with Crippen molar-refractivity contribution in [3.05, 3.63) is 18.4 Å². The van der Waals surface area contributed by atoms with E-state index in [1.54, 1.807) is 0 Å². The maximum Gasteiger partial charge on any atom is 0.0608 e. The second-order valence-electron chi connectivity index (χ2n) is 3.55. The van der Waals surface area contributed by atoms with Crippen LogP contribution < -0.4 is 0 Å². The molecule has 0 amide bonds. The maximum absolute atomic E-state index is 9.80. The Balaban J connectivity index is 3.92. The summed E-state index contributed by atoms with van der Waals surface area (Å²) in [6.45, 7) is 7.82. The highest BCUT2D eigenvalue weighted by Gasteiger charge is 2.15. The molecule has 0 saturated heterocycles. The fourth-order valence-electron chi connectivity index (χ4n) is 1.67. The molecule has 1 heteroatoms. The summed E-state index contributed by atoms with van der Waals surface area (Å²) in [6, 6.07) is 0. The standard InChI is InChI=1S/C12H22O/c1-4-7-10-12(13)11(8-5-2)9-6-3/h7,11-13H,1,5-6,8-10H2,2-3H3. The molecule has 0 aliphatic rings. The van der Waals surface area contributed by atoms with E-state index in [0.29, 0.717) is 12.3 Å². The zero-order valence-electron chi connectivity index (χ0n) is 8.92. The quantitative estimate of drug-likeness (QED) is 0.599. The molecule has 1 unspecified atom stereocenters. The Morgan fingerprint density at radius 1 is 1.31 bits per heavy atom. The largest absolute Gasteiger partial charge is 0.392 e. The minimum absolute atomic E-state index is 0.200. The van der Waals surface area contributed by atoms with Gasteiger partial charge in [-0.3, -0.25) is 0 Å². The van der Waals surface area contributed by atoms with Gasteiger partial charge in [0.05, 0.1) is 6.10 Å². The van der Waals surface area contributed by atoms with Crippen molar-refractivity contribution in [1.29, 1.82) is 0 Å². The molecule has 0 fully saturated rings. The van der Waals surface area contributed by atoms with Crippen LogP contribution in [0.5, 0.6) is 0 Å². The van der Waals surface area contributed by atoms with E-state index in [0.717, 1.165) is 25.7 Å². The Morgan fingerprint density at radius 2 is 1.85 bits per heavy atom. The van der Waals surface area contributed by atoms with Crippen molar-refractivity contribution in [3.63, 3.8) is 0 Å². The van der Waals surface area contributed by atoms with Crippen LogP contribution in [0.25, 0.3) is 0 Å². The summed E-state index contributed by atoms with van der Waals surface area (Å²) in [5, 5.41) is 9.80. The molecular formula is C12H22O. The lowest BCUT2D eigenvalue weighted by Crippen LogP contribution is -2.19. The fraction of sp³-hybridized carbons (Fsp3) is 0.750. The number of rotatable bonds is 7. The predicted octanol–water partition coefficient (Wildman–Crippen LogP) is 3.29. The van der Waals surface area contributed by atoms with Gasteiger partial charge in [0.2, 0.25) is 0 Å². The summed E-state index contributed by atoms with van der Waals surface area (Å²) in [4.78, 5) is 0. The summed E-state index contributed by atoms with van der Waals surface area (Å²) in [6.07, 6.45) is 6.88. The van der Waals surface area contributed by atoms with Crippen LogP contribution >= 0.6 is 0 Å². The van der Waals surface area contributed by atoms with Crippen LogP contribution in [-0.4, -0.2) is 11.2 Å². The van der Waals surface area contributed by atoms with E-state index in [4.69, 9.17) is 0 Å². The van der Waals surface area contributed by atoms with Gasteiger partial charge >= 0.3 is 0 Å². The van der Waals surface area contributed by atoms with Gasteiger partial charge in [-0.15, -0.1) is 5.73 Å². The summed E-state index contributed by atoms with van der Waals surface area (Å²) in [7, 11) is 0. The molecule has 0 aromatic rings. The first kappa shape index (κ1) is 12.5. The lowest BCUT2D eigenvalue weighted by Gasteiger charge is -2.20. The van der Waals surface area contributed by atoms with E-state index in [2.05, 4.69) is 26.2 Å². The molecular weight excluding hydrogens is 160 g/mol. The van der Waals surface area contributed by atoms with Crippen LogP contribution in [0.3, 0.4) is 0 Å². The van der Waals surface area contributed by atoms with Crippen molar-refractivity contribution in [2.24, 2.45) is 5.92 Å². The fourth-order valence-corrected chi connectivity index (χ4v) is 1.67. The molecule has 0 heterocycles. The highest BCUT2D eigenvalue weighted by molar-refractivity contribution is 4.82. The van der Waals surface area contributed by atoms with Crippen molar-refractivity contribution in [3.8, 4) is 0 Å². The highest BCUT2D eigenvalue weighted by atomic mass is 16.3. The molecule has 1 nitrogen and oxygen atoms in total. The van der Waals surface area contributed by atoms with Crippen LogP contribution in [0.15, 0.2) is 18.4 Å². The first-order valence-electron chi connectivity index (χ1n) is 5.28. The molecule has 0 bridgehead atoms. The summed E-state index contributed by atoms with van der Waals surface area (Å²) < 4.78 is 0. The highest BCUT2D eigenvalue weighted by Crippen LogP contribution is 2.20. The van der Waals surface area contributed by atoms with E-state index in [1.807, 2.05) is 6.08 Å². The van der Waals surface area contributed by atoms with E-state index >= 15 is 0 Å². The number of hydrogen-bond donors (Lipinski definition) is 1. The first-order valence-corrected chi connectivity index (χ1v) is 5.28. The Bertz CT molecular complexity index is 151. The van der Waals surface area contributed by atoms with E-state index in [-0.39, 0.29) is 6.10 Å². The van der Waals surface area contributed by atoms with Crippen molar-refractivity contribution < 1.29 is 5.11 Å². The molecule has 0 aromatic carbocycles. The van der Waals surface area contributed by atoms with Gasteiger partial charge < -0.3 is 5.11 Å². The second kappa shape index (κ2) is 8.10. The number of aliphatic hydroxyl groups excluding tert-OH is 1. The van der Waals surface area contributed by atoms with Crippen LogP contribution in [0.1, 0.15) is 46.0 Å². The topological polar surface area (TPSA) is 20.2 Å². The first-order chi connectivity index (χ1) is 6.26. The Morgan fingerprint density at radius 3 is 2.23 bits per heavy atom. The van der Waals surface area contributed by atoms with Gasteiger partial charge in [-0.2, -0.15) is 0 Å². The minimum Gasteiger partial charge on any atom is -0.392 e. The molecule has 76 valence electrons. The Labute approximate surface area is 82.2 Å². The van der Waals surface area contributed by atoms with Gasteiger partial charge in [0, 0.05) is 0 Å². The van der Waals surface area contributed by atoms with Gasteiger partial charge in [0.1, 0.15) is 0 Å². The summed E-state index contributed by atoms with van der Waals surface area (Å²) >= 11 is 0. The van der Waals surface area contributed by atoms with Gasteiger partial charge in [-0.25, -0.2) is 0 Å². The molecule has 0 spiro atoms. The van der Waals surface area contributed by atoms with Gasteiger partial charge in [0.15, 0.2) is 0 Å². The zero-order chi connectivity index (χ0) is 10.1. The van der Waals surface area contributed by atoms with Crippen molar-refractivity contribution in [1.82, 2.24) is 0 Å². The third-order valence-corrected chi connectivity index (χ3v) is 2.37. The Hall–Kier alpha value is -0.520. The molecule has 13 heavy (non-hydrogen) atoms. The molecule has 0 saturated carbocycles. The van der Waals surface area contributed by atoms with E-state index < -0.39 is 0 Å². The molecule has 1 atom stereocenters. The lowest BCUT2D eigenvalue weighted by atomic mass is 9.91. The van der Waals surface area contributed by atoms with E-state index in [1.165, 1.54) is 0 Å². The summed E-state index contributed by atoms with van der Waals surface area (Å²) in [5.41, 5.74) is 2.70. The third-order valence-electron chi connectivity index (χ3n) is 2.37. The molecule has 0 radical (unpaired) electrons. The average molecular weight is 182 g/mol. The minimum atomic E-state index is -0.200. The normalized spacial score (nSPS) is 12.6. The molecule has 0 aliphatic carbocycles. The van der Waals surface area contributed by atoms with Crippen LogP contribution in [0.2, 0.25) is 0 Å². The van der Waals surface area contributed by atoms with Crippen molar-refractivity contribution in [2.45, 2.75) is 52.1 Å². The third kappa shape index (κ3) is 5.68. The van der Waals surface area contributed by atoms with Gasteiger partial charge in [-0.1, -0.05) is 33.3 Å². The monoisotopic (exact) mass is 182 g/mol. The lowest BCUT2D eigenvalue weighted by molar-refractivity contribution is 0.0988. The molecule has 0 rings (SSSR count). The van der Waals surface area contributed by atoms with Gasteiger partial charge in [0.25, 0.3) is 0 Å². The Kier molecular flexibility index (Phi) is 7.77. The molecule has 0 aromatic heterocycles. The zero-order valence-corrected chi connectivity index (χ0v) is 8.92. The van der Waals surface area contributed by atoms with Crippen molar-refractivity contribution in [2.75, 3.05) is 0 Å². The maximum atomic E-state index is 9.80. The molecule has 1 N–H and O–H groups in total. The second-order valence-corrected chi connectivity index (χ2v) is 3.55. The number of aliphatic hydroxyl groups is 1. The van der Waals surface area contributed by atoms with Crippen LogP contribution in [-0.2, 0) is 0 Å². The van der Waals surface area contributed by atoms with Gasteiger partial charge in [-0.05, 0) is 31.3 Å². The SMILES string of the molecule is C=C=CCC(O)C(CCC)CCC. The predicted molar refractivity (Wildman–Crippen MR) is 57.6 cm³/mol.